The van der Waals surface area contributed by atoms with Crippen LogP contribution in [0.2, 0.25) is 0 Å². The van der Waals surface area contributed by atoms with Gasteiger partial charge in [0.2, 0.25) is 0 Å². The lowest BCUT2D eigenvalue weighted by Crippen LogP contribution is -2.31. The molecule has 32 heavy (non-hydrogen) atoms. The van der Waals surface area contributed by atoms with Crippen LogP contribution in [0.5, 0.6) is 0 Å². The van der Waals surface area contributed by atoms with E-state index < -0.39 is 0 Å². The number of carbonyl (C=O) groups excluding carboxylic acids is 1. The fourth-order valence-electron chi connectivity index (χ4n) is 4.14. The van der Waals surface area contributed by atoms with Gasteiger partial charge in [0.05, 0.1) is 11.7 Å². The molecule has 0 saturated heterocycles. The van der Waals surface area contributed by atoms with Gasteiger partial charge in [-0.3, -0.25) is 14.6 Å². The van der Waals surface area contributed by atoms with Gasteiger partial charge in [0.15, 0.2) is 5.82 Å². The lowest BCUT2D eigenvalue weighted by molar-refractivity contribution is 0.0939. The standard InChI is InChI=1S/C25H28N6O/c1-4-15(2)27-25(32)18-9-7-17(8-10-18)24-28-22(31(3)30-24)13-19-11-12-21-20(14-26-29-21)23(19)16-5-6-16/h7-12,14-16H,4-6,13H2,1-3H3,(H,26,29)(H,27,32). The van der Waals surface area contributed by atoms with E-state index in [1.807, 2.05) is 49.1 Å². The van der Waals surface area contributed by atoms with Crippen molar-refractivity contribution in [1.29, 1.82) is 0 Å². The molecule has 2 aromatic heterocycles. The van der Waals surface area contributed by atoms with E-state index in [9.17, 15) is 4.79 Å². The van der Waals surface area contributed by atoms with Crippen LogP contribution in [-0.2, 0) is 13.5 Å². The Balaban J connectivity index is 1.39. The highest BCUT2D eigenvalue weighted by Gasteiger charge is 2.29. The number of hydrogen-bond acceptors (Lipinski definition) is 4. The Hall–Kier alpha value is -3.48. The molecular weight excluding hydrogens is 400 g/mol. The van der Waals surface area contributed by atoms with E-state index in [4.69, 9.17) is 4.98 Å². The molecule has 2 heterocycles. The van der Waals surface area contributed by atoms with Gasteiger partial charge in [-0.05, 0) is 61.4 Å². The number of benzene rings is 2. The van der Waals surface area contributed by atoms with E-state index in [2.05, 4.69) is 39.7 Å². The highest BCUT2D eigenvalue weighted by atomic mass is 16.1. The van der Waals surface area contributed by atoms with Crippen molar-refractivity contribution in [3.05, 3.63) is 65.1 Å². The highest BCUT2D eigenvalue weighted by molar-refractivity contribution is 5.94. The molecule has 1 unspecified atom stereocenters. The largest absolute Gasteiger partial charge is 0.350 e. The summed E-state index contributed by atoms with van der Waals surface area (Å²) in [6.45, 7) is 4.06. The minimum atomic E-state index is -0.0530. The molecule has 1 amide bonds. The molecule has 5 rings (SSSR count). The minimum Gasteiger partial charge on any atom is -0.350 e. The van der Waals surface area contributed by atoms with Gasteiger partial charge in [-0.15, -0.1) is 0 Å². The maximum atomic E-state index is 12.3. The molecule has 1 atom stereocenters. The molecule has 2 aromatic carbocycles. The van der Waals surface area contributed by atoms with Crippen LogP contribution in [-0.4, -0.2) is 36.9 Å². The van der Waals surface area contributed by atoms with Crippen LogP contribution in [0.3, 0.4) is 0 Å². The van der Waals surface area contributed by atoms with Crippen LogP contribution in [0.1, 0.15) is 66.3 Å². The van der Waals surface area contributed by atoms with Crippen LogP contribution in [0, 0.1) is 0 Å². The number of fused-ring (bicyclic) bond motifs is 1. The van der Waals surface area contributed by atoms with Crippen molar-refractivity contribution < 1.29 is 4.79 Å². The molecule has 164 valence electrons. The summed E-state index contributed by atoms with van der Waals surface area (Å²) in [6.07, 6.45) is 6.04. The average molecular weight is 429 g/mol. The third kappa shape index (κ3) is 3.90. The predicted octanol–water partition coefficient (Wildman–Crippen LogP) is 4.35. The van der Waals surface area contributed by atoms with Gasteiger partial charge in [-0.1, -0.05) is 25.1 Å². The Morgan fingerprint density at radius 3 is 2.72 bits per heavy atom. The minimum absolute atomic E-state index is 0.0530. The Morgan fingerprint density at radius 1 is 1.22 bits per heavy atom. The molecule has 1 saturated carbocycles. The number of aryl methyl sites for hydroxylation is 1. The summed E-state index contributed by atoms with van der Waals surface area (Å²) < 4.78 is 1.86. The molecule has 0 spiro atoms. The van der Waals surface area contributed by atoms with E-state index in [1.165, 1.54) is 29.4 Å². The molecule has 0 aliphatic heterocycles. The second kappa shape index (κ2) is 8.22. The van der Waals surface area contributed by atoms with Crippen molar-refractivity contribution in [2.45, 2.75) is 51.5 Å². The van der Waals surface area contributed by atoms with Gasteiger partial charge in [-0.25, -0.2) is 4.98 Å². The Labute approximate surface area is 187 Å². The number of hydrogen-bond donors (Lipinski definition) is 2. The van der Waals surface area contributed by atoms with Crippen LogP contribution >= 0.6 is 0 Å². The number of H-pyrrole nitrogens is 1. The zero-order valence-electron chi connectivity index (χ0n) is 18.7. The van der Waals surface area contributed by atoms with Crippen LogP contribution in [0.25, 0.3) is 22.3 Å². The molecule has 1 aliphatic rings. The molecule has 4 aromatic rings. The predicted molar refractivity (Wildman–Crippen MR) is 125 cm³/mol. The third-order valence-electron chi connectivity index (χ3n) is 6.34. The van der Waals surface area contributed by atoms with Crippen LogP contribution in [0.4, 0.5) is 0 Å². The molecule has 7 heteroatoms. The van der Waals surface area contributed by atoms with E-state index in [0.29, 0.717) is 17.3 Å². The van der Waals surface area contributed by atoms with E-state index in [0.717, 1.165) is 29.7 Å². The topological polar surface area (TPSA) is 88.5 Å². The van der Waals surface area contributed by atoms with Crippen molar-refractivity contribution >= 4 is 16.8 Å². The van der Waals surface area contributed by atoms with Crippen LogP contribution < -0.4 is 5.32 Å². The zero-order chi connectivity index (χ0) is 22.2. The monoisotopic (exact) mass is 428 g/mol. The van der Waals surface area contributed by atoms with Gasteiger partial charge in [-0.2, -0.15) is 10.2 Å². The second-order valence-electron chi connectivity index (χ2n) is 8.76. The molecular formula is C25H28N6O. The number of rotatable bonds is 7. The first kappa shape index (κ1) is 20.4. The third-order valence-corrected chi connectivity index (χ3v) is 6.34. The van der Waals surface area contributed by atoms with Gasteiger partial charge >= 0.3 is 0 Å². The van der Waals surface area contributed by atoms with Crippen LogP contribution in [0.15, 0.2) is 42.6 Å². The number of nitrogens with one attached hydrogen (secondary N) is 2. The lowest BCUT2D eigenvalue weighted by atomic mass is 9.97. The molecule has 1 fully saturated rings. The van der Waals surface area contributed by atoms with E-state index >= 15 is 0 Å². The summed E-state index contributed by atoms with van der Waals surface area (Å²) in [5, 5.41) is 16.2. The normalized spacial score (nSPS) is 14.6. The summed E-state index contributed by atoms with van der Waals surface area (Å²) in [5.41, 5.74) is 5.33. The van der Waals surface area contributed by atoms with Gasteiger partial charge in [0, 0.05) is 36.0 Å². The lowest BCUT2D eigenvalue weighted by Gasteiger charge is -2.11. The molecule has 2 N–H and O–H groups in total. The van der Waals surface area contributed by atoms with Crippen molar-refractivity contribution in [2.75, 3.05) is 0 Å². The van der Waals surface area contributed by atoms with Crippen molar-refractivity contribution in [1.82, 2.24) is 30.3 Å². The van der Waals surface area contributed by atoms with Gasteiger partial charge in [0.25, 0.3) is 5.91 Å². The number of aromatic nitrogens is 5. The van der Waals surface area contributed by atoms with Crippen molar-refractivity contribution in [2.24, 2.45) is 7.05 Å². The smallest absolute Gasteiger partial charge is 0.251 e. The second-order valence-corrected chi connectivity index (χ2v) is 8.76. The molecule has 0 radical (unpaired) electrons. The fourth-order valence-corrected chi connectivity index (χ4v) is 4.14. The zero-order valence-corrected chi connectivity index (χ0v) is 18.7. The summed E-state index contributed by atoms with van der Waals surface area (Å²) in [6, 6.07) is 11.9. The molecule has 7 nitrogen and oxygen atoms in total. The molecule has 1 aliphatic carbocycles. The Morgan fingerprint density at radius 2 is 2.00 bits per heavy atom. The average Bonchev–Trinajstić information content (AvgIpc) is 3.41. The summed E-state index contributed by atoms with van der Waals surface area (Å²) in [4.78, 5) is 17.2. The maximum absolute atomic E-state index is 12.3. The Bertz CT molecular complexity index is 1270. The van der Waals surface area contributed by atoms with Gasteiger partial charge < -0.3 is 5.32 Å². The first-order valence-corrected chi connectivity index (χ1v) is 11.3. The number of nitrogens with zero attached hydrogens (tertiary/aromatic N) is 4. The fraction of sp³-hybridized carbons (Fsp3) is 0.360. The van der Waals surface area contributed by atoms with E-state index in [1.54, 1.807) is 0 Å². The SMILES string of the molecule is CCC(C)NC(=O)c1ccc(-c2nc(Cc3ccc4[nH]ncc4c3C3CC3)n(C)n2)cc1. The Kier molecular flexibility index (Phi) is 5.25. The molecule has 0 bridgehead atoms. The first-order chi connectivity index (χ1) is 15.5. The summed E-state index contributed by atoms with van der Waals surface area (Å²) in [7, 11) is 1.94. The first-order valence-electron chi connectivity index (χ1n) is 11.3. The maximum Gasteiger partial charge on any atom is 0.251 e. The number of carbonyl (C=O) groups is 1. The number of amides is 1. The highest BCUT2D eigenvalue weighted by Crippen LogP contribution is 2.45. The van der Waals surface area contributed by atoms with Gasteiger partial charge in [0.1, 0.15) is 5.82 Å². The summed E-state index contributed by atoms with van der Waals surface area (Å²) >= 11 is 0. The quantitative estimate of drug-likeness (QED) is 0.458. The van der Waals surface area contributed by atoms with Crippen molar-refractivity contribution in [3.63, 3.8) is 0 Å². The summed E-state index contributed by atoms with van der Waals surface area (Å²) in [5.74, 6) is 2.16. The van der Waals surface area contributed by atoms with Crippen molar-refractivity contribution in [3.8, 4) is 11.4 Å². The number of aromatic amines is 1. The van der Waals surface area contributed by atoms with E-state index in [-0.39, 0.29) is 11.9 Å².